The molecule has 1 atom stereocenters. The van der Waals surface area contributed by atoms with Gasteiger partial charge >= 0.3 is 5.97 Å². The average molecular weight is 396 g/mol. The molecule has 150 valence electrons. The summed E-state index contributed by atoms with van der Waals surface area (Å²) in [6.45, 7) is 1.71. The van der Waals surface area contributed by atoms with Crippen molar-refractivity contribution < 1.29 is 18.8 Å². The van der Waals surface area contributed by atoms with E-state index < -0.39 is 17.7 Å². The van der Waals surface area contributed by atoms with E-state index in [1.54, 1.807) is 33.2 Å². The topological polar surface area (TPSA) is 105 Å². The molecular weight excluding hydrogens is 375 g/mol. The zero-order chi connectivity index (χ0) is 21.1. The van der Waals surface area contributed by atoms with Crippen LogP contribution in [0, 0.1) is 5.82 Å². The van der Waals surface area contributed by atoms with Crippen molar-refractivity contribution >= 4 is 17.7 Å². The molecule has 8 heteroatoms. The van der Waals surface area contributed by atoms with E-state index in [0.29, 0.717) is 11.1 Å². The van der Waals surface area contributed by atoms with Crippen molar-refractivity contribution in [1.29, 1.82) is 0 Å². The van der Waals surface area contributed by atoms with Crippen LogP contribution in [-0.2, 0) is 0 Å². The van der Waals surface area contributed by atoms with Crippen LogP contribution in [0.3, 0.4) is 0 Å². The molecule has 0 aliphatic carbocycles. The van der Waals surface area contributed by atoms with Gasteiger partial charge in [0.25, 0.3) is 0 Å². The van der Waals surface area contributed by atoms with Gasteiger partial charge < -0.3 is 20.3 Å². The third-order valence-electron chi connectivity index (χ3n) is 4.56. The van der Waals surface area contributed by atoms with E-state index in [1.807, 2.05) is 30.3 Å². The molecule has 0 aliphatic rings. The molecule has 0 fully saturated rings. The second-order valence-corrected chi connectivity index (χ2v) is 6.74. The predicted octanol–water partition coefficient (Wildman–Crippen LogP) is 3.84. The number of nitrogens with two attached hydrogens (primary N) is 1. The number of rotatable bonds is 5. The smallest absolute Gasteiger partial charge is 0.343 e. The first-order valence-corrected chi connectivity index (χ1v) is 8.88. The largest absolute Gasteiger partial charge is 0.477 e. The number of aliphatic imine (C=N–C) groups is 1. The van der Waals surface area contributed by atoms with Crippen LogP contribution >= 0.6 is 0 Å². The molecule has 0 spiro atoms. The van der Waals surface area contributed by atoms with Crippen molar-refractivity contribution in [2.75, 3.05) is 14.1 Å². The van der Waals surface area contributed by atoms with Gasteiger partial charge in [-0.25, -0.2) is 9.18 Å². The van der Waals surface area contributed by atoms with Crippen LogP contribution in [0.4, 0.5) is 10.2 Å². The maximum atomic E-state index is 14.7. The van der Waals surface area contributed by atoms with Crippen LogP contribution in [-0.4, -0.2) is 41.2 Å². The molecule has 0 radical (unpaired) electrons. The first kappa shape index (κ1) is 20.1. The summed E-state index contributed by atoms with van der Waals surface area (Å²) in [6.07, 6.45) is 0. The Hall–Kier alpha value is -3.68. The maximum absolute atomic E-state index is 14.7. The molecule has 0 bridgehead atoms. The summed E-state index contributed by atoms with van der Waals surface area (Å²) >= 11 is 0. The Balaban J connectivity index is 2.00. The highest BCUT2D eigenvalue weighted by molar-refractivity contribution is 5.95. The summed E-state index contributed by atoms with van der Waals surface area (Å²) in [4.78, 5) is 17.3. The number of carbonyl (C=O) groups is 1. The number of aromatic carboxylic acids is 1. The normalized spacial score (nSPS) is 12.6. The third kappa shape index (κ3) is 4.11. The summed E-state index contributed by atoms with van der Waals surface area (Å²) in [7, 11) is 3.33. The molecule has 29 heavy (non-hydrogen) atoms. The van der Waals surface area contributed by atoms with Crippen molar-refractivity contribution in [3.8, 4) is 11.1 Å². The van der Waals surface area contributed by atoms with Crippen LogP contribution in [0.25, 0.3) is 11.1 Å². The highest BCUT2D eigenvalue weighted by atomic mass is 19.1. The van der Waals surface area contributed by atoms with Crippen LogP contribution in [0.2, 0.25) is 0 Å². The number of aromatic nitrogens is 1. The summed E-state index contributed by atoms with van der Waals surface area (Å²) in [5.74, 6) is -2.19. The van der Waals surface area contributed by atoms with E-state index in [0.717, 1.165) is 5.56 Å². The number of hydrogen-bond donors (Lipinski definition) is 2. The molecule has 1 unspecified atom stereocenters. The van der Waals surface area contributed by atoms with E-state index in [4.69, 9.17) is 10.3 Å². The molecule has 1 heterocycles. The summed E-state index contributed by atoms with van der Waals surface area (Å²) in [5, 5.41) is 13.4. The van der Waals surface area contributed by atoms with E-state index >= 15 is 0 Å². The van der Waals surface area contributed by atoms with Gasteiger partial charge in [-0.2, -0.15) is 4.99 Å². The van der Waals surface area contributed by atoms with Gasteiger partial charge in [0.2, 0.25) is 5.82 Å². The van der Waals surface area contributed by atoms with Gasteiger partial charge in [0.05, 0.1) is 0 Å². The minimum Gasteiger partial charge on any atom is -0.477 e. The van der Waals surface area contributed by atoms with Crippen molar-refractivity contribution in [3.63, 3.8) is 0 Å². The van der Waals surface area contributed by atoms with E-state index in [2.05, 4.69) is 10.1 Å². The highest BCUT2D eigenvalue weighted by Gasteiger charge is 2.28. The Morgan fingerprint density at radius 1 is 1.24 bits per heavy atom. The molecule has 3 aromatic rings. The second-order valence-electron chi connectivity index (χ2n) is 6.74. The number of hydrogen-bond acceptors (Lipinski definition) is 4. The molecule has 0 saturated heterocycles. The SMILES string of the molecule is CC(c1ccc(-c2ccccc2)c(F)c1)c1onc(N=C(N)N(C)C)c1C(=O)O. The van der Waals surface area contributed by atoms with Crippen LogP contribution in [0.15, 0.2) is 58.0 Å². The van der Waals surface area contributed by atoms with E-state index in [1.165, 1.54) is 11.0 Å². The Morgan fingerprint density at radius 3 is 2.52 bits per heavy atom. The van der Waals surface area contributed by atoms with Crippen LogP contribution in [0.5, 0.6) is 0 Å². The van der Waals surface area contributed by atoms with Gasteiger partial charge in [-0.3, -0.25) is 0 Å². The average Bonchev–Trinajstić information content (AvgIpc) is 3.11. The Labute approximate surface area is 167 Å². The van der Waals surface area contributed by atoms with Crippen LogP contribution < -0.4 is 5.73 Å². The van der Waals surface area contributed by atoms with Crippen molar-refractivity contribution in [1.82, 2.24) is 10.1 Å². The zero-order valence-electron chi connectivity index (χ0n) is 16.3. The standard InChI is InChI=1S/C21H21FN4O3/c1-12(14-9-10-15(16(22)11-14)13-7-5-4-6-8-13)18-17(20(27)28)19(25-29-18)24-21(23)26(2)3/h4-12H,1-3H3,(H,27,28)(H2,23,24,25). The fraction of sp³-hybridized carbons (Fsp3) is 0.190. The van der Waals surface area contributed by atoms with Crippen molar-refractivity contribution in [2.24, 2.45) is 10.7 Å². The first-order chi connectivity index (χ1) is 13.8. The first-order valence-electron chi connectivity index (χ1n) is 8.88. The third-order valence-corrected chi connectivity index (χ3v) is 4.56. The van der Waals surface area contributed by atoms with Gasteiger partial charge in [0.1, 0.15) is 11.4 Å². The van der Waals surface area contributed by atoms with Gasteiger partial charge in [0, 0.05) is 25.6 Å². The molecule has 3 rings (SSSR count). The van der Waals surface area contributed by atoms with E-state index in [-0.39, 0.29) is 23.1 Å². The number of halogens is 1. The molecule has 3 N–H and O–H groups in total. The number of carboxylic acids is 1. The van der Waals surface area contributed by atoms with Crippen LogP contribution in [0.1, 0.15) is 34.5 Å². The molecule has 1 aromatic heterocycles. The molecule has 7 nitrogen and oxygen atoms in total. The van der Waals surface area contributed by atoms with Crippen molar-refractivity contribution in [3.05, 3.63) is 71.2 Å². The fourth-order valence-electron chi connectivity index (χ4n) is 2.88. The predicted molar refractivity (Wildman–Crippen MR) is 108 cm³/mol. The minimum atomic E-state index is -1.25. The fourth-order valence-corrected chi connectivity index (χ4v) is 2.88. The van der Waals surface area contributed by atoms with E-state index in [9.17, 15) is 14.3 Å². The number of benzene rings is 2. The molecule has 0 amide bonds. The number of nitrogens with zero attached hydrogens (tertiary/aromatic N) is 3. The number of guanidine groups is 1. The summed E-state index contributed by atoms with van der Waals surface area (Å²) < 4.78 is 20.0. The monoisotopic (exact) mass is 396 g/mol. The molecule has 2 aromatic carbocycles. The number of carboxylic acid groups (broad SMARTS) is 1. The minimum absolute atomic E-state index is 0.0784. The maximum Gasteiger partial charge on any atom is 0.343 e. The highest BCUT2D eigenvalue weighted by Crippen LogP contribution is 2.34. The lowest BCUT2D eigenvalue weighted by atomic mass is 9.93. The Bertz CT molecular complexity index is 1060. The van der Waals surface area contributed by atoms with Gasteiger partial charge in [-0.05, 0) is 17.2 Å². The zero-order valence-corrected chi connectivity index (χ0v) is 16.3. The van der Waals surface area contributed by atoms with Gasteiger partial charge in [-0.1, -0.05) is 54.5 Å². The quantitative estimate of drug-likeness (QED) is 0.501. The Morgan fingerprint density at radius 2 is 1.93 bits per heavy atom. The molecule has 0 aliphatic heterocycles. The van der Waals surface area contributed by atoms with Gasteiger partial charge in [0.15, 0.2) is 11.7 Å². The second kappa shape index (κ2) is 8.14. The molecule has 0 saturated carbocycles. The summed E-state index contributed by atoms with van der Waals surface area (Å²) in [5.41, 5.74) is 7.33. The molecular formula is C21H21FN4O3. The lowest BCUT2D eigenvalue weighted by molar-refractivity contribution is 0.0695. The lowest BCUT2D eigenvalue weighted by Gasteiger charge is -2.12. The lowest BCUT2D eigenvalue weighted by Crippen LogP contribution is -2.30. The van der Waals surface area contributed by atoms with Gasteiger partial charge in [-0.15, -0.1) is 0 Å². The summed E-state index contributed by atoms with van der Waals surface area (Å²) in [6, 6.07) is 13.9. The Kier molecular flexibility index (Phi) is 5.63. The van der Waals surface area contributed by atoms with Crippen molar-refractivity contribution in [2.45, 2.75) is 12.8 Å².